The summed E-state index contributed by atoms with van der Waals surface area (Å²) in [5.41, 5.74) is 0. The highest BCUT2D eigenvalue weighted by molar-refractivity contribution is 7.15. The van der Waals surface area contributed by atoms with Crippen molar-refractivity contribution in [3.8, 4) is 0 Å². The molecule has 6 nitrogen and oxygen atoms in total. The van der Waals surface area contributed by atoms with E-state index < -0.39 is 0 Å². The average Bonchev–Trinajstić information content (AvgIpc) is 2.87. The van der Waals surface area contributed by atoms with E-state index >= 15 is 0 Å². The summed E-state index contributed by atoms with van der Waals surface area (Å²) in [7, 11) is 0. The number of rotatable bonds is 7. The van der Waals surface area contributed by atoms with E-state index in [1.807, 2.05) is 0 Å². The second kappa shape index (κ2) is 7.74. The van der Waals surface area contributed by atoms with Crippen molar-refractivity contribution in [3.63, 3.8) is 0 Å². The van der Waals surface area contributed by atoms with Gasteiger partial charge in [0.05, 0.1) is 13.2 Å². The number of piperazine rings is 1. The first kappa shape index (κ1) is 14.6. The molecule has 1 aliphatic rings. The third kappa shape index (κ3) is 4.68. The molecule has 1 aromatic rings. The van der Waals surface area contributed by atoms with Gasteiger partial charge in [0.25, 0.3) is 0 Å². The average molecular weight is 285 g/mol. The van der Waals surface area contributed by atoms with E-state index in [-0.39, 0.29) is 6.61 Å². The molecule has 0 bridgehead atoms. The van der Waals surface area contributed by atoms with Gasteiger partial charge in [0.15, 0.2) is 0 Å². The van der Waals surface area contributed by atoms with Gasteiger partial charge in [-0.1, -0.05) is 18.3 Å². The maximum Gasteiger partial charge on any atom is 0.205 e. The molecule has 0 radical (unpaired) electrons. The van der Waals surface area contributed by atoms with Crippen LogP contribution in [0.25, 0.3) is 0 Å². The first-order valence-electron chi connectivity index (χ1n) is 6.93. The number of hydrogen-bond donors (Lipinski definition) is 2. The van der Waals surface area contributed by atoms with E-state index in [4.69, 9.17) is 5.11 Å². The van der Waals surface area contributed by atoms with Crippen molar-refractivity contribution in [1.29, 1.82) is 0 Å². The van der Waals surface area contributed by atoms with Gasteiger partial charge in [-0.25, -0.2) is 0 Å². The summed E-state index contributed by atoms with van der Waals surface area (Å²) >= 11 is 1.65. The Morgan fingerprint density at radius 3 is 2.63 bits per heavy atom. The Hall–Kier alpha value is -0.760. The largest absolute Gasteiger partial charge is 0.395 e. The minimum atomic E-state index is 0.253. The Morgan fingerprint density at radius 1 is 1.21 bits per heavy atom. The SMILES string of the molecule is CCCNc1nnc(CN2CCN(CCO)CC2)s1. The van der Waals surface area contributed by atoms with E-state index in [1.165, 1.54) is 0 Å². The van der Waals surface area contributed by atoms with Crippen molar-refractivity contribution < 1.29 is 5.11 Å². The number of nitrogens with zero attached hydrogens (tertiary/aromatic N) is 4. The molecule has 2 rings (SSSR count). The lowest BCUT2D eigenvalue weighted by Crippen LogP contribution is -2.46. The van der Waals surface area contributed by atoms with Crippen molar-refractivity contribution in [1.82, 2.24) is 20.0 Å². The molecule has 0 amide bonds. The van der Waals surface area contributed by atoms with Gasteiger partial charge in [-0.15, -0.1) is 10.2 Å². The maximum absolute atomic E-state index is 8.91. The van der Waals surface area contributed by atoms with Crippen LogP contribution in [0.5, 0.6) is 0 Å². The van der Waals surface area contributed by atoms with Crippen LogP contribution in [0.4, 0.5) is 5.13 Å². The number of nitrogens with one attached hydrogen (secondary N) is 1. The van der Waals surface area contributed by atoms with Gasteiger partial charge in [-0.05, 0) is 6.42 Å². The van der Waals surface area contributed by atoms with E-state index in [9.17, 15) is 0 Å². The lowest BCUT2D eigenvalue weighted by molar-refractivity contribution is 0.108. The standard InChI is InChI=1S/C12H23N5OS/c1-2-3-13-12-15-14-11(19-12)10-17-6-4-16(5-7-17)8-9-18/h18H,2-10H2,1H3,(H,13,15). The van der Waals surface area contributed by atoms with Crippen molar-refractivity contribution in [2.75, 3.05) is 51.2 Å². The molecule has 0 aromatic carbocycles. The quantitative estimate of drug-likeness (QED) is 0.759. The topological polar surface area (TPSA) is 64.5 Å². The lowest BCUT2D eigenvalue weighted by Gasteiger charge is -2.33. The van der Waals surface area contributed by atoms with Crippen molar-refractivity contribution in [3.05, 3.63) is 5.01 Å². The van der Waals surface area contributed by atoms with Crippen molar-refractivity contribution in [2.45, 2.75) is 19.9 Å². The Kier molecular flexibility index (Phi) is 5.96. The van der Waals surface area contributed by atoms with Gasteiger partial charge in [0, 0.05) is 39.3 Å². The van der Waals surface area contributed by atoms with E-state index in [0.717, 1.165) is 62.4 Å². The monoisotopic (exact) mass is 285 g/mol. The van der Waals surface area contributed by atoms with Crippen LogP contribution in [-0.2, 0) is 6.54 Å². The summed E-state index contributed by atoms with van der Waals surface area (Å²) in [4.78, 5) is 4.70. The number of aliphatic hydroxyl groups is 1. The summed E-state index contributed by atoms with van der Waals surface area (Å²) in [5.74, 6) is 0. The highest BCUT2D eigenvalue weighted by Gasteiger charge is 2.17. The molecular weight excluding hydrogens is 262 g/mol. The molecule has 1 saturated heterocycles. The molecule has 1 fully saturated rings. The molecule has 0 saturated carbocycles. The van der Waals surface area contributed by atoms with Crippen LogP contribution in [0.1, 0.15) is 18.4 Å². The number of aliphatic hydroxyl groups excluding tert-OH is 1. The van der Waals surface area contributed by atoms with Crippen LogP contribution in [0, 0.1) is 0 Å². The summed E-state index contributed by atoms with van der Waals surface area (Å²) in [5, 5.41) is 22.6. The zero-order valence-electron chi connectivity index (χ0n) is 11.5. The molecule has 19 heavy (non-hydrogen) atoms. The molecule has 1 aliphatic heterocycles. The highest BCUT2D eigenvalue weighted by atomic mass is 32.1. The smallest absolute Gasteiger partial charge is 0.205 e. The Morgan fingerprint density at radius 2 is 1.95 bits per heavy atom. The molecule has 2 N–H and O–H groups in total. The normalized spacial score (nSPS) is 17.8. The second-order valence-corrected chi connectivity index (χ2v) is 5.83. The molecule has 108 valence electrons. The lowest BCUT2D eigenvalue weighted by atomic mass is 10.3. The summed E-state index contributed by atoms with van der Waals surface area (Å²) in [6, 6.07) is 0. The van der Waals surface area contributed by atoms with Gasteiger partial charge < -0.3 is 10.4 Å². The maximum atomic E-state index is 8.91. The third-order valence-corrected chi connectivity index (χ3v) is 4.10. The summed E-state index contributed by atoms with van der Waals surface area (Å²) in [6.07, 6.45) is 1.10. The number of aromatic nitrogens is 2. The zero-order valence-corrected chi connectivity index (χ0v) is 12.3. The fraction of sp³-hybridized carbons (Fsp3) is 0.833. The van der Waals surface area contributed by atoms with Crippen LogP contribution < -0.4 is 5.32 Å². The molecule has 0 aliphatic carbocycles. The number of anilines is 1. The van der Waals surface area contributed by atoms with Gasteiger partial charge in [-0.3, -0.25) is 9.80 Å². The first-order valence-corrected chi connectivity index (χ1v) is 7.75. The van der Waals surface area contributed by atoms with Gasteiger partial charge in [0.2, 0.25) is 5.13 Å². The second-order valence-electron chi connectivity index (χ2n) is 4.77. The van der Waals surface area contributed by atoms with Crippen LogP contribution >= 0.6 is 11.3 Å². The molecule has 0 spiro atoms. The van der Waals surface area contributed by atoms with Crippen LogP contribution in [-0.4, -0.2) is 71.0 Å². The number of hydrogen-bond acceptors (Lipinski definition) is 7. The van der Waals surface area contributed by atoms with Crippen molar-refractivity contribution in [2.24, 2.45) is 0 Å². The van der Waals surface area contributed by atoms with Crippen LogP contribution in [0.3, 0.4) is 0 Å². The Bertz CT molecular complexity index is 365. The minimum absolute atomic E-state index is 0.253. The third-order valence-electron chi connectivity index (χ3n) is 3.23. The van der Waals surface area contributed by atoms with Crippen LogP contribution in [0.15, 0.2) is 0 Å². The van der Waals surface area contributed by atoms with Gasteiger partial charge in [-0.2, -0.15) is 0 Å². The zero-order chi connectivity index (χ0) is 13.5. The molecule has 0 unspecified atom stereocenters. The fourth-order valence-electron chi connectivity index (χ4n) is 2.12. The predicted octanol–water partition coefficient (Wildman–Crippen LogP) is 0.470. The Balaban J connectivity index is 1.74. The Labute approximate surface area is 118 Å². The molecule has 2 heterocycles. The van der Waals surface area contributed by atoms with E-state index in [2.05, 4.69) is 32.2 Å². The van der Waals surface area contributed by atoms with E-state index in [0.29, 0.717) is 0 Å². The van der Waals surface area contributed by atoms with Crippen LogP contribution in [0.2, 0.25) is 0 Å². The molecular formula is C12H23N5OS. The van der Waals surface area contributed by atoms with Crippen molar-refractivity contribution >= 4 is 16.5 Å². The summed E-state index contributed by atoms with van der Waals surface area (Å²) < 4.78 is 0. The summed E-state index contributed by atoms with van der Waals surface area (Å²) in [6.45, 7) is 9.16. The fourth-order valence-corrected chi connectivity index (χ4v) is 2.93. The predicted molar refractivity (Wildman–Crippen MR) is 77.5 cm³/mol. The van der Waals surface area contributed by atoms with Gasteiger partial charge >= 0.3 is 0 Å². The first-order chi connectivity index (χ1) is 9.31. The number of β-amino-alcohol motifs (C(OH)–C–C–N with tert-alkyl or cyclic N) is 1. The highest BCUT2D eigenvalue weighted by Crippen LogP contribution is 2.17. The molecule has 7 heteroatoms. The van der Waals surface area contributed by atoms with Gasteiger partial charge in [0.1, 0.15) is 5.01 Å². The minimum Gasteiger partial charge on any atom is -0.395 e. The molecule has 1 aromatic heterocycles. The molecule has 0 atom stereocenters. The van der Waals surface area contributed by atoms with E-state index in [1.54, 1.807) is 11.3 Å².